The molecule has 4 rings (SSSR count). The molecule has 0 bridgehead atoms. The molecule has 6 nitrogen and oxygen atoms in total. The first-order chi connectivity index (χ1) is 14.8. The Bertz CT molecular complexity index is 989. The number of para-hydroxylation sites is 1. The molecular formula is C25H33N3O3. The Labute approximate surface area is 184 Å². The molecule has 6 heteroatoms. The highest BCUT2D eigenvalue weighted by atomic mass is 16.5. The molecule has 0 spiro atoms. The fourth-order valence-electron chi connectivity index (χ4n) is 4.92. The predicted octanol–water partition coefficient (Wildman–Crippen LogP) is 3.71. The monoisotopic (exact) mass is 423 g/mol. The third-order valence-electron chi connectivity index (χ3n) is 7.13. The summed E-state index contributed by atoms with van der Waals surface area (Å²) in [6.45, 7) is 7.64. The molecule has 4 unspecified atom stereocenters. The maximum atomic E-state index is 13.3. The number of esters is 1. The Kier molecular flexibility index (Phi) is 6.28. The van der Waals surface area contributed by atoms with Gasteiger partial charge in [-0.1, -0.05) is 44.9 Å². The summed E-state index contributed by atoms with van der Waals surface area (Å²) >= 11 is 0. The molecule has 2 aliphatic rings. The van der Waals surface area contributed by atoms with Crippen LogP contribution >= 0.6 is 0 Å². The molecule has 2 aromatic rings. The van der Waals surface area contributed by atoms with E-state index in [0.29, 0.717) is 23.9 Å². The van der Waals surface area contributed by atoms with Crippen molar-refractivity contribution in [3.05, 3.63) is 41.1 Å². The standard InChI is InChI=1S/C25H33N3O3/c1-15-8-7-11-20(16(15)2)27-24(29)17(3)31-25(30)23-18-9-5-6-10-21(18)26-22-12-13-28(4)14-19(22)23/h5-6,9-10,15-17,20H,7-8,11-14H2,1-4H3,(H,27,29). The van der Waals surface area contributed by atoms with E-state index < -0.39 is 12.1 Å². The first-order valence-corrected chi connectivity index (χ1v) is 11.5. The number of fused-ring (bicyclic) bond motifs is 2. The Hall–Kier alpha value is -2.47. The van der Waals surface area contributed by atoms with Crippen LogP contribution in [-0.2, 0) is 22.5 Å². The van der Waals surface area contributed by atoms with E-state index in [0.717, 1.165) is 48.0 Å². The Balaban J connectivity index is 1.55. The van der Waals surface area contributed by atoms with Crippen molar-refractivity contribution in [2.45, 2.75) is 65.1 Å². The summed E-state index contributed by atoms with van der Waals surface area (Å²) in [5, 5.41) is 3.91. The molecule has 1 aliphatic carbocycles. The van der Waals surface area contributed by atoms with Crippen LogP contribution in [0, 0.1) is 11.8 Å². The summed E-state index contributed by atoms with van der Waals surface area (Å²) in [4.78, 5) is 33.1. The smallest absolute Gasteiger partial charge is 0.339 e. The molecule has 4 atom stereocenters. The second-order valence-electron chi connectivity index (χ2n) is 9.35. The van der Waals surface area contributed by atoms with E-state index in [-0.39, 0.29) is 11.9 Å². The van der Waals surface area contributed by atoms with Crippen molar-refractivity contribution >= 4 is 22.8 Å². The molecule has 31 heavy (non-hydrogen) atoms. The lowest BCUT2D eigenvalue weighted by Crippen LogP contribution is -2.47. The number of rotatable bonds is 4. The molecule has 1 aromatic carbocycles. The van der Waals surface area contributed by atoms with E-state index in [1.807, 2.05) is 31.3 Å². The van der Waals surface area contributed by atoms with Crippen LogP contribution in [0.15, 0.2) is 24.3 Å². The molecular weight excluding hydrogens is 390 g/mol. The number of carbonyl (C=O) groups is 2. The van der Waals surface area contributed by atoms with Gasteiger partial charge in [0.1, 0.15) is 0 Å². The topological polar surface area (TPSA) is 71.5 Å². The van der Waals surface area contributed by atoms with Gasteiger partial charge >= 0.3 is 5.97 Å². The largest absolute Gasteiger partial charge is 0.449 e. The van der Waals surface area contributed by atoms with Gasteiger partial charge in [0, 0.05) is 42.2 Å². The number of aromatic nitrogens is 1. The summed E-state index contributed by atoms with van der Waals surface area (Å²) in [5.74, 6) is 0.345. The van der Waals surface area contributed by atoms with Gasteiger partial charge in [0.25, 0.3) is 5.91 Å². The lowest BCUT2D eigenvalue weighted by molar-refractivity contribution is -0.130. The first kappa shape index (κ1) is 21.8. The van der Waals surface area contributed by atoms with Gasteiger partial charge in [-0.3, -0.25) is 9.78 Å². The number of hydrogen-bond acceptors (Lipinski definition) is 5. The zero-order valence-electron chi connectivity index (χ0n) is 19.0. The van der Waals surface area contributed by atoms with Crippen LogP contribution in [0.2, 0.25) is 0 Å². The lowest BCUT2D eigenvalue weighted by Gasteiger charge is -2.35. The van der Waals surface area contributed by atoms with Crippen molar-refractivity contribution < 1.29 is 14.3 Å². The van der Waals surface area contributed by atoms with Crippen molar-refractivity contribution in [2.75, 3.05) is 13.6 Å². The van der Waals surface area contributed by atoms with E-state index in [1.54, 1.807) is 6.92 Å². The van der Waals surface area contributed by atoms with Crippen molar-refractivity contribution in [3.63, 3.8) is 0 Å². The minimum Gasteiger partial charge on any atom is -0.449 e. The molecule has 1 aliphatic heterocycles. The van der Waals surface area contributed by atoms with Crippen LogP contribution in [0.1, 0.15) is 61.6 Å². The quantitative estimate of drug-likeness (QED) is 0.759. The summed E-state index contributed by atoms with van der Waals surface area (Å²) in [5.41, 5.74) is 3.21. The van der Waals surface area contributed by atoms with E-state index in [9.17, 15) is 9.59 Å². The summed E-state index contributed by atoms with van der Waals surface area (Å²) < 4.78 is 5.71. The molecule has 0 saturated heterocycles. The molecule has 1 amide bonds. The van der Waals surface area contributed by atoms with E-state index >= 15 is 0 Å². The van der Waals surface area contributed by atoms with Crippen molar-refractivity contribution in [2.24, 2.45) is 11.8 Å². The second-order valence-corrected chi connectivity index (χ2v) is 9.35. The number of nitrogens with one attached hydrogen (secondary N) is 1. The average Bonchev–Trinajstić information content (AvgIpc) is 2.75. The summed E-state index contributed by atoms with van der Waals surface area (Å²) in [6.07, 6.45) is 3.25. The van der Waals surface area contributed by atoms with Crippen LogP contribution in [0.5, 0.6) is 0 Å². The minimum absolute atomic E-state index is 0.139. The van der Waals surface area contributed by atoms with Crippen LogP contribution in [0.25, 0.3) is 10.9 Å². The SMILES string of the molecule is CC(OC(=O)c1c2c(nc3ccccc13)CCN(C)C2)C(=O)NC1CCCC(C)C1C. The number of amides is 1. The number of ether oxygens (including phenoxy) is 1. The van der Waals surface area contributed by atoms with Crippen molar-refractivity contribution in [1.82, 2.24) is 15.2 Å². The molecule has 166 valence electrons. The van der Waals surface area contributed by atoms with Gasteiger partial charge in [0.15, 0.2) is 6.10 Å². The fraction of sp³-hybridized carbons (Fsp3) is 0.560. The van der Waals surface area contributed by atoms with E-state index in [4.69, 9.17) is 9.72 Å². The van der Waals surface area contributed by atoms with Gasteiger partial charge in [-0.15, -0.1) is 0 Å². The van der Waals surface area contributed by atoms with Gasteiger partial charge in [-0.2, -0.15) is 0 Å². The second kappa shape index (κ2) is 8.95. The average molecular weight is 424 g/mol. The minimum atomic E-state index is -0.846. The maximum absolute atomic E-state index is 13.3. The van der Waals surface area contributed by atoms with Gasteiger partial charge < -0.3 is 15.0 Å². The van der Waals surface area contributed by atoms with Crippen LogP contribution in [0.4, 0.5) is 0 Å². The third kappa shape index (κ3) is 4.45. The van der Waals surface area contributed by atoms with Gasteiger partial charge in [-0.05, 0) is 38.3 Å². The summed E-state index contributed by atoms with van der Waals surface area (Å²) in [7, 11) is 2.04. The molecule has 1 fully saturated rings. The number of pyridine rings is 1. The normalized spacial score (nSPS) is 25.0. The van der Waals surface area contributed by atoms with Crippen LogP contribution in [0.3, 0.4) is 0 Å². The summed E-state index contributed by atoms with van der Waals surface area (Å²) in [6, 6.07) is 7.80. The van der Waals surface area contributed by atoms with E-state index in [1.165, 1.54) is 6.42 Å². The molecule has 1 N–H and O–H groups in total. The van der Waals surface area contributed by atoms with Crippen molar-refractivity contribution in [3.8, 4) is 0 Å². The number of carbonyl (C=O) groups excluding carboxylic acids is 2. The van der Waals surface area contributed by atoms with Crippen molar-refractivity contribution in [1.29, 1.82) is 0 Å². The highest BCUT2D eigenvalue weighted by molar-refractivity contribution is 6.05. The number of hydrogen-bond donors (Lipinski definition) is 1. The maximum Gasteiger partial charge on any atom is 0.339 e. The van der Waals surface area contributed by atoms with Gasteiger partial charge in [0.2, 0.25) is 0 Å². The third-order valence-corrected chi connectivity index (χ3v) is 7.13. The lowest BCUT2D eigenvalue weighted by atomic mass is 9.78. The van der Waals surface area contributed by atoms with Gasteiger partial charge in [-0.25, -0.2) is 4.79 Å². The van der Waals surface area contributed by atoms with Crippen LogP contribution in [-0.4, -0.2) is 47.5 Å². The molecule has 0 radical (unpaired) electrons. The Morgan fingerprint density at radius 2 is 2.00 bits per heavy atom. The van der Waals surface area contributed by atoms with E-state index in [2.05, 4.69) is 24.1 Å². The van der Waals surface area contributed by atoms with Crippen LogP contribution < -0.4 is 5.32 Å². The fourth-order valence-corrected chi connectivity index (χ4v) is 4.92. The van der Waals surface area contributed by atoms with Gasteiger partial charge in [0.05, 0.1) is 11.1 Å². The number of likely N-dealkylation sites (N-methyl/N-ethyl adjacent to an activating group) is 1. The molecule has 1 saturated carbocycles. The highest BCUT2D eigenvalue weighted by Crippen LogP contribution is 2.30. The molecule has 2 heterocycles. The highest BCUT2D eigenvalue weighted by Gasteiger charge is 2.31. The molecule has 1 aromatic heterocycles. The number of benzene rings is 1. The zero-order chi connectivity index (χ0) is 22.1. The first-order valence-electron chi connectivity index (χ1n) is 11.5. The number of nitrogens with zero attached hydrogens (tertiary/aromatic N) is 2. The Morgan fingerprint density at radius 3 is 2.81 bits per heavy atom. The Morgan fingerprint density at radius 1 is 1.23 bits per heavy atom. The predicted molar refractivity (Wildman–Crippen MR) is 121 cm³/mol. The zero-order valence-corrected chi connectivity index (χ0v) is 19.0.